The predicted octanol–water partition coefficient (Wildman–Crippen LogP) is 0.636. The standard InChI is InChI=1S/C23H44O12/c1-3-4-22(24)35-20-19-33-16-15-31-12-11-29-8-7-27-5-6-28-9-10-30-13-14-32-17-18-34-21-23(25)26-2/h3-21H2,1-2H3. The van der Waals surface area contributed by atoms with Gasteiger partial charge in [-0.2, -0.15) is 0 Å². The lowest BCUT2D eigenvalue weighted by Crippen LogP contribution is -2.16. The molecular weight excluding hydrogens is 468 g/mol. The Morgan fingerprint density at radius 1 is 0.457 bits per heavy atom. The minimum absolute atomic E-state index is 0.0707. The summed E-state index contributed by atoms with van der Waals surface area (Å²) in [4.78, 5) is 22.0. The fraction of sp³-hybridized carbons (Fsp3) is 0.913. The summed E-state index contributed by atoms with van der Waals surface area (Å²) in [6.45, 7) is 8.89. The van der Waals surface area contributed by atoms with Crippen LogP contribution in [0.1, 0.15) is 19.8 Å². The monoisotopic (exact) mass is 512 g/mol. The van der Waals surface area contributed by atoms with Crippen LogP contribution in [0.3, 0.4) is 0 Å². The zero-order valence-electron chi connectivity index (χ0n) is 21.3. The average Bonchev–Trinajstić information content (AvgIpc) is 2.86. The van der Waals surface area contributed by atoms with Gasteiger partial charge in [-0.25, -0.2) is 4.79 Å². The summed E-state index contributed by atoms with van der Waals surface area (Å²) in [7, 11) is 1.31. The lowest BCUT2D eigenvalue weighted by Gasteiger charge is -2.08. The Morgan fingerprint density at radius 2 is 0.771 bits per heavy atom. The highest BCUT2D eigenvalue weighted by Gasteiger charge is 2.00. The Morgan fingerprint density at radius 3 is 1.09 bits per heavy atom. The molecule has 35 heavy (non-hydrogen) atoms. The van der Waals surface area contributed by atoms with Crippen LogP contribution in [0.4, 0.5) is 0 Å². The molecule has 0 N–H and O–H groups in total. The van der Waals surface area contributed by atoms with Crippen molar-refractivity contribution in [3.05, 3.63) is 0 Å². The summed E-state index contributed by atoms with van der Waals surface area (Å²) in [6, 6.07) is 0. The van der Waals surface area contributed by atoms with Crippen molar-refractivity contribution in [2.45, 2.75) is 19.8 Å². The molecule has 0 bridgehead atoms. The summed E-state index contributed by atoms with van der Waals surface area (Å²) in [5, 5.41) is 0. The number of rotatable bonds is 28. The third-order valence-corrected chi connectivity index (χ3v) is 4.00. The molecule has 208 valence electrons. The highest BCUT2D eigenvalue weighted by Crippen LogP contribution is 1.91. The fourth-order valence-electron chi connectivity index (χ4n) is 2.24. The number of ether oxygens (including phenoxy) is 10. The molecule has 0 aromatic rings. The number of esters is 2. The Hall–Kier alpha value is -1.38. The largest absolute Gasteiger partial charge is 0.467 e. The third-order valence-electron chi connectivity index (χ3n) is 4.00. The predicted molar refractivity (Wildman–Crippen MR) is 124 cm³/mol. The van der Waals surface area contributed by atoms with E-state index in [9.17, 15) is 9.59 Å². The van der Waals surface area contributed by atoms with Gasteiger partial charge in [-0.05, 0) is 6.42 Å². The van der Waals surface area contributed by atoms with E-state index < -0.39 is 5.97 Å². The molecule has 0 spiro atoms. The zero-order valence-corrected chi connectivity index (χ0v) is 21.3. The topological polar surface area (TPSA) is 126 Å². The Bertz CT molecular complexity index is 464. The summed E-state index contributed by atoms with van der Waals surface area (Å²) in [6.07, 6.45) is 1.22. The Labute approximate surface area is 208 Å². The molecule has 0 aromatic carbocycles. The van der Waals surface area contributed by atoms with E-state index in [2.05, 4.69) is 4.74 Å². The van der Waals surface area contributed by atoms with E-state index in [1.54, 1.807) is 0 Å². The van der Waals surface area contributed by atoms with Crippen LogP contribution in [0.2, 0.25) is 0 Å². The highest BCUT2D eigenvalue weighted by molar-refractivity contribution is 5.70. The Kier molecular flexibility index (Phi) is 27.7. The molecule has 0 heterocycles. The molecule has 12 nitrogen and oxygen atoms in total. The molecule has 0 radical (unpaired) electrons. The first-order chi connectivity index (χ1) is 17.2. The highest BCUT2D eigenvalue weighted by atomic mass is 16.6. The molecule has 0 atom stereocenters. The molecule has 12 heteroatoms. The van der Waals surface area contributed by atoms with Crippen LogP contribution in [0.25, 0.3) is 0 Å². The summed E-state index contributed by atoms with van der Waals surface area (Å²) < 4.78 is 52.0. The number of methoxy groups -OCH3 is 1. The molecule has 0 aliphatic heterocycles. The van der Waals surface area contributed by atoms with E-state index in [0.717, 1.165) is 6.42 Å². The van der Waals surface area contributed by atoms with Gasteiger partial charge in [-0.15, -0.1) is 0 Å². The molecular formula is C23H44O12. The van der Waals surface area contributed by atoms with Gasteiger partial charge in [0, 0.05) is 6.42 Å². The van der Waals surface area contributed by atoms with Crippen molar-refractivity contribution in [3.8, 4) is 0 Å². The second kappa shape index (κ2) is 28.9. The van der Waals surface area contributed by atoms with Gasteiger partial charge in [-0.1, -0.05) is 6.92 Å². The van der Waals surface area contributed by atoms with Crippen molar-refractivity contribution in [3.63, 3.8) is 0 Å². The molecule has 0 aromatic heterocycles. The van der Waals surface area contributed by atoms with Gasteiger partial charge in [0.2, 0.25) is 0 Å². The molecule has 0 fully saturated rings. The van der Waals surface area contributed by atoms with Crippen LogP contribution in [0.15, 0.2) is 0 Å². The van der Waals surface area contributed by atoms with E-state index in [-0.39, 0.29) is 19.2 Å². The summed E-state index contributed by atoms with van der Waals surface area (Å²) in [5.41, 5.74) is 0. The van der Waals surface area contributed by atoms with Crippen molar-refractivity contribution in [2.75, 3.05) is 119 Å². The van der Waals surface area contributed by atoms with Crippen molar-refractivity contribution < 1.29 is 57.0 Å². The van der Waals surface area contributed by atoms with E-state index >= 15 is 0 Å². The van der Waals surface area contributed by atoms with Crippen LogP contribution in [0, 0.1) is 0 Å². The maximum atomic E-state index is 11.1. The van der Waals surface area contributed by atoms with E-state index in [1.165, 1.54) is 7.11 Å². The Balaban J connectivity index is 3.06. The molecule has 0 amide bonds. The first-order valence-electron chi connectivity index (χ1n) is 12.0. The number of carbonyl (C=O) groups excluding carboxylic acids is 2. The van der Waals surface area contributed by atoms with Crippen LogP contribution in [0.5, 0.6) is 0 Å². The SMILES string of the molecule is CCCC(=O)OCCOCCOCCOCCOCCOCCOCCOCCOCC(=O)OC. The van der Waals surface area contributed by atoms with Crippen LogP contribution >= 0.6 is 0 Å². The number of carbonyl (C=O) groups is 2. The molecule has 0 unspecified atom stereocenters. The van der Waals surface area contributed by atoms with Gasteiger partial charge in [0.25, 0.3) is 0 Å². The number of hydrogen-bond donors (Lipinski definition) is 0. The maximum Gasteiger partial charge on any atom is 0.331 e. The molecule has 0 saturated heterocycles. The van der Waals surface area contributed by atoms with Crippen molar-refractivity contribution in [2.24, 2.45) is 0 Å². The maximum absolute atomic E-state index is 11.1. The molecule has 0 aliphatic rings. The van der Waals surface area contributed by atoms with Gasteiger partial charge < -0.3 is 47.4 Å². The molecule has 0 aliphatic carbocycles. The minimum atomic E-state index is -0.409. The van der Waals surface area contributed by atoms with Gasteiger partial charge in [0.05, 0.1) is 106 Å². The van der Waals surface area contributed by atoms with Crippen molar-refractivity contribution >= 4 is 11.9 Å². The molecule has 0 saturated carbocycles. The van der Waals surface area contributed by atoms with Crippen molar-refractivity contribution in [1.29, 1.82) is 0 Å². The van der Waals surface area contributed by atoms with Gasteiger partial charge in [0.1, 0.15) is 13.2 Å². The minimum Gasteiger partial charge on any atom is -0.467 e. The molecule has 0 rings (SSSR count). The van der Waals surface area contributed by atoms with Crippen LogP contribution in [-0.4, -0.2) is 131 Å². The first kappa shape index (κ1) is 33.6. The van der Waals surface area contributed by atoms with Crippen molar-refractivity contribution in [1.82, 2.24) is 0 Å². The summed E-state index contributed by atoms with van der Waals surface area (Å²) in [5.74, 6) is -0.601. The van der Waals surface area contributed by atoms with E-state index in [1.807, 2.05) is 6.92 Å². The van der Waals surface area contributed by atoms with E-state index in [4.69, 9.17) is 42.6 Å². The second-order valence-electron chi connectivity index (χ2n) is 6.89. The van der Waals surface area contributed by atoms with Gasteiger partial charge >= 0.3 is 11.9 Å². The normalized spacial score (nSPS) is 11.0. The third kappa shape index (κ3) is 28.7. The van der Waals surface area contributed by atoms with Crippen LogP contribution < -0.4 is 0 Å². The smallest absolute Gasteiger partial charge is 0.331 e. The average molecular weight is 513 g/mol. The van der Waals surface area contributed by atoms with Gasteiger partial charge in [0.15, 0.2) is 0 Å². The van der Waals surface area contributed by atoms with Gasteiger partial charge in [-0.3, -0.25) is 4.79 Å². The second-order valence-corrected chi connectivity index (χ2v) is 6.89. The van der Waals surface area contributed by atoms with E-state index in [0.29, 0.717) is 106 Å². The quantitative estimate of drug-likeness (QED) is 0.108. The lowest BCUT2D eigenvalue weighted by atomic mass is 10.3. The zero-order chi connectivity index (χ0) is 25.7. The number of hydrogen-bond acceptors (Lipinski definition) is 12. The first-order valence-corrected chi connectivity index (χ1v) is 12.0. The summed E-state index contributed by atoms with van der Waals surface area (Å²) >= 11 is 0. The lowest BCUT2D eigenvalue weighted by molar-refractivity contribution is -0.146. The fourth-order valence-corrected chi connectivity index (χ4v) is 2.24. The van der Waals surface area contributed by atoms with Crippen LogP contribution in [-0.2, 0) is 57.0 Å².